The summed E-state index contributed by atoms with van der Waals surface area (Å²) in [6.45, 7) is 0.899. The quantitative estimate of drug-likeness (QED) is 0.901. The molecule has 2 unspecified atom stereocenters. The molecule has 3 heterocycles. The maximum atomic E-state index is 6.18. The average Bonchev–Trinajstić information content (AvgIpc) is 3.19. The second-order valence-corrected chi connectivity index (χ2v) is 7.23. The molecule has 24 heavy (non-hydrogen) atoms. The van der Waals surface area contributed by atoms with Crippen molar-refractivity contribution in [2.45, 2.75) is 50.4 Å². The van der Waals surface area contributed by atoms with Crippen LogP contribution in [0.2, 0.25) is 5.02 Å². The summed E-state index contributed by atoms with van der Waals surface area (Å²) in [6.07, 6.45) is 8.44. The fourth-order valence-electron chi connectivity index (χ4n) is 4.00. The molecule has 1 aromatic carbocycles. The predicted molar refractivity (Wildman–Crippen MR) is 98.1 cm³/mol. The zero-order valence-corrected chi connectivity index (χ0v) is 15.3. The van der Waals surface area contributed by atoms with Crippen LogP contribution in [0.4, 0.5) is 0 Å². The Kier molecular flexibility index (Phi) is 5.45. The summed E-state index contributed by atoms with van der Waals surface area (Å²) >= 11 is 6.18. The van der Waals surface area contributed by atoms with Gasteiger partial charge in [-0.05, 0) is 50.4 Å². The first-order valence-corrected chi connectivity index (χ1v) is 8.66. The number of benzene rings is 1. The predicted octanol–water partition coefficient (Wildman–Crippen LogP) is 3.06. The second kappa shape index (κ2) is 7.40. The smallest absolute Gasteiger partial charge is 0.138 e. The molecule has 2 aliphatic rings. The van der Waals surface area contributed by atoms with Crippen molar-refractivity contribution in [2.24, 2.45) is 0 Å². The van der Waals surface area contributed by atoms with Gasteiger partial charge in [0, 0.05) is 29.7 Å². The Morgan fingerprint density at radius 2 is 2.04 bits per heavy atom. The summed E-state index contributed by atoms with van der Waals surface area (Å²) in [5.74, 6) is 0. The Morgan fingerprint density at radius 1 is 1.29 bits per heavy atom. The zero-order valence-electron chi connectivity index (χ0n) is 13.7. The Labute approximate surface area is 153 Å². The molecule has 2 atom stereocenters. The molecule has 0 spiro atoms. The SMILES string of the molecule is CN(Cc1ccc(Cl)cc1-n1cncn1)C1CC2CCC(C1)N2.Cl. The normalized spacial score (nSPS) is 25.7. The van der Waals surface area contributed by atoms with Gasteiger partial charge in [-0.1, -0.05) is 17.7 Å². The molecule has 130 valence electrons. The summed E-state index contributed by atoms with van der Waals surface area (Å²) < 4.78 is 1.79. The molecule has 7 heteroatoms. The molecule has 0 amide bonds. The number of nitrogens with zero attached hydrogens (tertiary/aromatic N) is 4. The molecule has 2 fully saturated rings. The van der Waals surface area contributed by atoms with E-state index in [4.69, 9.17) is 11.6 Å². The van der Waals surface area contributed by atoms with Gasteiger partial charge in [-0.2, -0.15) is 5.10 Å². The van der Waals surface area contributed by atoms with Crippen LogP contribution >= 0.6 is 24.0 Å². The Hall–Kier alpha value is -1.14. The highest BCUT2D eigenvalue weighted by Gasteiger charge is 2.35. The average molecular weight is 368 g/mol. The fraction of sp³-hybridized carbons (Fsp3) is 0.529. The van der Waals surface area contributed by atoms with E-state index < -0.39 is 0 Å². The lowest BCUT2D eigenvalue weighted by atomic mass is 9.98. The third kappa shape index (κ3) is 3.59. The molecule has 0 aliphatic carbocycles. The van der Waals surface area contributed by atoms with Gasteiger partial charge in [-0.3, -0.25) is 4.90 Å². The van der Waals surface area contributed by atoms with Gasteiger partial charge in [0.15, 0.2) is 0 Å². The Morgan fingerprint density at radius 3 is 2.71 bits per heavy atom. The van der Waals surface area contributed by atoms with E-state index in [0.29, 0.717) is 18.1 Å². The lowest BCUT2D eigenvalue weighted by Crippen LogP contribution is -2.46. The van der Waals surface area contributed by atoms with Gasteiger partial charge in [-0.25, -0.2) is 9.67 Å². The van der Waals surface area contributed by atoms with E-state index in [1.54, 1.807) is 17.3 Å². The number of hydrogen-bond acceptors (Lipinski definition) is 4. The van der Waals surface area contributed by atoms with E-state index in [2.05, 4.69) is 33.4 Å². The first-order chi connectivity index (χ1) is 11.2. The molecule has 5 nitrogen and oxygen atoms in total. The van der Waals surface area contributed by atoms with E-state index in [1.165, 1.54) is 31.2 Å². The topological polar surface area (TPSA) is 46.0 Å². The van der Waals surface area contributed by atoms with Crippen LogP contribution in [0, 0.1) is 0 Å². The Bertz CT molecular complexity index is 664. The first-order valence-electron chi connectivity index (χ1n) is 8.29. The highest BCUT2D eigenvalue weighted by molar-refractivity contribution is 6.30. The second-order valence-electron chi connectivity index (χ2n) is 6.79. The van der Waals surface area contributed by atoms with Crippen molar-refractivity contribution in [2.75, 3.05) is 7.05 Å². The largest absolute Gasteiger partial charge is 0.311 e. The van der Waals surface area contributed by atoms with Crippen LogP contribution in [0.3, 0.4) is 0 Å². The summed E-state index contributed by atoms with van der Waals surface area (Å²) in [5.41, 5.74) is 2.24. The molecular formula is C17H23Cl2N5. The van der Waals surface area contributed by atoms with Gasteiger partial charge < -0.3 is 5.32 Å². The highest BCUT2D eigenvalue weighted by Crippen LogP contribution is 2.30. The van der Waals surface area contributed by atoms with Crippen molar-refractivity contribution in [1.29, 1.82) is 0 Å². The number of piperidine rings is 1. The minimum absolute atomic E-state index is 0. The third-order valence-electron chi connectivity index (χ3n) is 5.20. The summed E-state index contributed by atoms with van der Waals surface area (Å²) in [5, 5.41) is 8.70. The number of rotatable bonds is 4. The maximum absolute atomic E-state index is 6.18. The maximum Gasteiger partial charge on any atom is 0.138 e. The molecule has 2 saturated heterocycles. The van der Waals surface area contributed by atoms with Crippen molar-refractivity contribution < 1.29 is 0 Å². The van der Waals surface area contributed by atoms with Crippen molar-refractivity contribution in [3.63, 3.8) is 0 Å². The van der Waals surface area contributed by atoms with Crippen molar-refractivity contribution in [3.8, 4) is 5.69 Å². The minimum Gasteiger partial charge on any atom is -0.311 e. The molecule has 0 radical (unpaired) electrons. The van der Waals surface area contributed by atoms with Crippen LogP contribution in [0.15, 0.2) is 30.9 Å². The summed E-state index contributed by atoms with van der Waals surface area (Å²) in [7, 11) is 2.23. The first kappa shape index (κ1) is 17.7. The standard InChI is InChI=1S/C17H22ClN5.ClH/c1-22(16-7-14-4-5-15(8-16)21-14)9-12-2-3-13(18)6-17(12)23-11-19-10-20-23;/h2-3,6,10-11,14-16,21H,4-5,7-9H2,1H3;1H. The van der Waals surface area contributed by atoms with Gasteiger partial charge in [0.2, 0.25) is 0 Å². The van der Waals surface area contributed by atoms with E-state index >= 15 is 0 Å². The number of halogens is 2. The molecule has 0 saturated carbocycles. The van der Waals surface area contributed by atoms with Crippen molar-refractivity contribution in [1.82, 2.24) is 25.0 Å². The van der Waals surface area contributed by atoms with Gasteiger partial charge in [0.25, 0.3) is 0 Å². The van der Waals surface area contributed by atoms with Gasteiger partial charge in [0.05, 0.1) is 5.69 Å². The monoisotopic (exact) mass is 367 g/mol. The van der Waals surface area contributed by atoms with Gasteiger partial charge in [-0.15, -0.1) is 12.4 Å². The van der Waals surface area contributed by atoms with Gasteiger partial charge in [0.1, 0.15) is 12.7 Å². The van der Waals surface area contributed by atoms with Gasteiger partial charge >= 0.3 is 0 Å². The summed E-state index contributed by atoms with van der Waals surface area (Å²) in [6, 6.07) is 8.09. The minimum atomic E-state index is 0. The molecule has 2 aromatic rings. The van der Waals surface area contributed by atoms with Crippen LogP contribution in [0.1, 0.15) is 31.2 Å². The van der Waals surface area contributed by atoms with E-state index in [9.17, 15) is 0 Å². The Balaban J connectivity index is 0.00000169. The number of nitrogens with one attached hydrogen (secondary N) is 1. The van der Waals surface area contributed by atoms with Crippen LogP contribution < -0.4 is 5.32 Å². The van der Waals surface area contributed by atoms with Crippen LogP contribution in [0.25, 0.3) is 5.69 Å². The van der Waals surface area contributed by atoms with E-state index in [-0.39, 0.29) is 12.4 Å². The number of hydrogen-bond donors (Lipinski definition) is 1. The fourth-order valence-corrected chi connectivity index (χ4v) is 4.17. The van der Waals surface area contributed by atoms with Crippen LogP contribution in [-0.2, 0) is 6.54 Å². The number of aromatic nitrogens is 3. The lowest BCUT2D eigenvalue weighted by Gasteiger charge is -2.35. The molecule has 1 aromatic heterocycles. The summed E-state index contributed by atoms with van der Waals surface area (Å²) in [4.78, 5) is 6.54. The van der Waals surface area contributed by atoms with Crippen molar-refractivity contribution in [3.05, 3.63) is 41.4 Å². The third-order valence-corrected chi connectivity index (χ3v) is 5.44. The molecule has 4 rings (SSSR count). The number of fused-ring (bicyclic) bond motifs is 2. The van der Waals surface area contributed by atoms with E-state index in [1.807, 2.05) is 12.1 Å². The van der Waals surface area contributed by atoms with Crippen LogP contribution in [0.5, 0.6) is 0 Å². The lowest BCUT2D eigenvalue weighted by molar-refractivity contribution is 0.166. The van der Waals surface area contributed by atoms with E-state index in [0.717, 1.165) is 17.3 Å². The van der Waals surface area contributed by atoms with Crippen LogP contribution in [-0.4, -0.2) is 44.8 Å². The highest BCUT2D eigenvalue weighted by atomic mass is 35.5. The van der Waals surface area contributed by atoms with Crippen molar-refractivity contribution >= 4 is 24.0 Å². The zero-order chi connectivity index (χ0) is 15.8. The molecular weight excluding hydrogens is 345 g/mol. The molecule has 2 bridgehead atoms. The molecule has 1 N–H and O–H groups in total. The molecule has 2 aliphatic heterocycles.